The predicted molar refractivity (Wildman–Crippen MR) is 140 cm³/mol. The highest BCUT2D eigenvalue weighted by Crippen LogP contribution is 2.36. The molecule has 1 aromatic carbocycles. The fraction of sp³-hybridized carbons (Fsp3) is 0.346. The summed E-state index contributed by atoms with van der Waals surface area (Å²) in [5.41, 5.74) is 2.26. The van der Waals surface area contributed by atoms with Crippen LogP contribution in [0.15, 0.2) is 42.6 Å². The number of aliphatic hydroxyl groups excluding tert-OH is 1. The normalized spacial score (nSPS) is 15.8. The Kier molecular flexibility index (Phi) is 6.65. The van der Waals surface area contributed by atoms with E-state index in [1.165, 1.54) is 11.3 Å². The SMILES string of the molecule is Cc1cc2cc(Oc3ccnc4cc(C(=O)N5CC[C@@H](N(C)C)C5)sc34)ccc2n1C(=O)NCCO. The van der Waals surface area contributed by atoms with Gasteiger partial charge in [-0.2, -0.15) is 0 Å². The number of ether oxygens (including phenoxy) is 1. The van der Waals surface area contributed by atoms with Crippen molar-refractivity contribution < 1.29 is 19.4 Å². The monoisotopic (exact) mass is 507 g/mol. The first kappa shape index (κ1) is 24.2. The minimum atomic E-state index is -0.285. The molecule has 3 aromatic heterocycles. The number of rotatable bonds is 6. The minimum absolute atomic E-state index is 0.0333. The molecule has 0 aliphatic carbocycles. The van der Waals surface area contributed by atoms with Crippen LogP contribution in [0.3, 0.4) is 0 Å². The second kappa shape index (κ2) is 9.88. The van der Waals surface area contributed by atoms with Crippen LogP contribution in [-0.2, 0) is 0 Å². The Hall–Kier alpha value is -3.47. The summed E-state index contributed by atoms with van der Waals surface area (Å²) in [4.78, 5) is 34.8. The van der Waals surface area contributed by atoms with Crippen molar-refractivity contribution in [2.45, 2.75) is 19.4 Å². The van der Waals surface area contributed by atoms with Crippen LogP contribution in [0.2, 0.25) is 0 Å². The van der Waals surface area contributed by atoms with Crippen LogP contribution in [0.1, 0.15) is 21.8 Å². The molecular formula is C26H29N5O4S. The van der Waals surface area contributed by atoms with Crippen LogP contribution < -0.4 is 10.1 Å². The molecule has 0 spiro atoms. The van der Waals surface area contributed by atoms with Crippen molar-refractivity contribution >= 4 is 44.4 Å². The van der Waals surface area contributed by atoms with Gasteiger partial charge in [-0.15, -0.1) is 11.3 Å². The van der Waals surface area contributed by atoms with Gasteiger partial charge in [0, 0.05) is 49.0 Å². The maximum Gasteiger partial charge on any atom is 0.326 e. The summed E-state index contributed by atoms with van der Waals surface area (Å²) in [7, 11) is 4.09. The molecule has 36 heavy (non-hydrogen) atoms. The number of pyridine rings is 1. The quantitative estimate of drug-likeness (QED) is 0.413. The minimum Gasteiger partial charge on any atom is -0.456 e. The number of thiophene rings is 1. The van der Waals surface area contributed by atoms with E-state index in [1.807, 2.05) is 56.3 Å². The molecule has 2 amide bonds. The first-order valence-corrected chi connectivity index (χ1v) is 12.7. The third-order valence-corrected chi connectivity index (χ3v) is 7.67. The molecule has 5 rings (SSSR count). The summed E-state index contributed by atoms with van der Waals surface area (Å²) in [6.45, 7) is 3.41. The number of nitrogens with one attached hydrogen (secondary N) is 1. The molecule has 4 aromatic rings. The zero-order valence-corrected chi connectivity index (χ0v) is 21.3. The van der Waals surface area contributed by atoms with Gasteiger partial charge < -0.3 is 25.0 Å². The van der Waals surface area contributed by atoms with Gasteiger partial charge in [-0.05, 0) is 57.8 Å². The van der Waals surface area contributed by atoms with Gasteiger partial charge in [0.2, 0.25) is 0 Å². The second-order valence-corrected chi connectivity index (χ2v) is 10.2. The van der Waals surface area contributed by atoms with Crippen LogP contribution in [-0.4, -0.2) is 82.8 Å². The van der Waals surface area contributed by atoms with Crippen molar-refractivity contribution in [2.75, 3.05) is 40.3 Å². The number of carbonyl (C=O) groups is 2. The lowest BCUT2D eigenvalue weighted by atomic mass is 10.2. The highest BCUT2D eigenvalue weighted by Gasteiger charge is 2.29. The van der Waals surface area contributed by atoms with Crippen molar-refractivity contribution in [1.29, 1.82) is 0 Å². The Morgan fingerprint density at radius 1 is 1.25 bits per heavy atom. The van der Waals surface area contributed by atoms with E-state index in [2.05, 4.69) is 15.2 Å². The van der Waals surface area contributed by atoms with E-state index >= 15 is 0 Å². The Labute approximate surface area is 212 Å². The van der Waals surface area contributed by atoms with E-state index in [4.69, 9.17) is 9.84 Å². The van der Waals surface area contributed by atoms with Gasteiger partial charge in [0.05, 0.1) is 27.2 Å². The summed E-state index contributed by atoms with van der Waals surface area (Å²) >= 11 is 1.40. The Bertz CT molecular complexity index is 1440. The standard InChI is InChI=1S/C26H29N5O4S/c1-16-12-17-13-19(4-5-21(17)31(16)26(34)28-9-11-32)35-22-6-8-27-20-14-23(36-24(20)22)25(33)30-10-7-18(15-30)29(2)3/h4-6,8,12-14,18,32H,7,9-11,15H2,1-3H3,(H,28,34)/t18-/m1/s1. The maximum absolute atomic E-state index is 13.2. The van der Waals surface area contributed by atoms with Gasteiger partial charge >= 0.3 is 6.03 Å². The third kappa shape index (κ3) is 4.55. The fourth-order valence-electron chi connectivity index (χ4n) is 4.64. The number of hydrogen-bond acceptors (Lipinski definition) is 7. The molecule has 1 atom stereocenters. The average Bonchev–Trinajstić information content (AvgIpc) is 3.58. The molecule has 0 saturated carbocycles. The number of nitrogens with zero attached hydrogens (tertiary/aromatic N) is 4. The lowest BCUT2D eigenvalue weighted by Crippen LogP contribution is -2.34. The molecule has 0 radical (unpaired) electrons. The predicted octanol–water partition coefficient (Wildman–Crippen LogP) is 3.68. The van der Waals surface area contributed by atoms with Gasteiger partial charge in [0.15, 0.2) is 0 Å². The number of hydrogen-bond donors (Lipinski definition) is 2. The number of aryl methyl sites for hydroxylation is 1. The van der Waals surface area contributed by atoms with E-state index in [0.29, 0.717) is 22.4 Å². The summed E-state index contributed by atoms with van der Waals surface area (Å²) in [6.07, 6.45) is 2.66. The summed E-state index contributed by atoms with van der Waals surface area (Å²) in [5.74, 6) is 1.29. The van der Waals surface area contributed by atoms with E-state index in [-0.39, 0.29) is 25.1 Å². The molecule has 4 heterocycles. The van der Waals surface area contributed by atoms with Crippen LogP contribution in [0.5, 0.6) is 11.5 Å². The largest absolute Gasteiger partial charge is 0.456 e. The summed E-state index contributed by atoms with van der Waals surface area (Å²) in [6, 6.07) is 11.2. The number of likely N-dealkylation sites (N-methyl/N-ethyl adjacent to an activating group) is 1. The van der Waals surface area contributed by atoms with E-state index < -0.39 is 0 Å². The smallest absolute Gasteiger partial charge is 0.326 e. The van der Waals surface area contributed by atoms with Crippen molar-refractivity contribution in [3.05, 3.63) is 53.2 Å². The average molecular weight is 508 g/mol. The molecule has 0 bridgehead atoms. The topological polar surface area (TPSA) is 99.9 Å². The maximum atomic E-state index is 13.2. The third-order valence-electron chi connectivity index (χ3n) is 6.54. The summed E-state index contributed by atoms with van der Waals surface area (Å²) < 4.78 is 8.64. The fourth-order valence-corrected chi connectivity index (χ4v) is 5.67. The lowest BCUT2D eigenvalue weighted by Gasteiger charge is -2.19. The highest BCUT2D eigenvalue weighted by atomic mass is 32.1. The van der Waals surface area contributed by atoms with Gasteiger partial charge in [-0.25, -0.2) is 4.79 Å². The zero-order valence-electron chi connectivity index (χ0n) is 20.5. The van der Waals surface area contributed by atoms with Gasteiger partial charge in [0.25, 0.3) is 5.91 Å². The molecule has 1 aliphatic heterocycles. The van der Waals surface area contributed by atoms with Crippen molar-refractivity contribution in [3.8, 4) is 11.5 Å². The number of fused-ring (bicyclic) bond motifs is 2. The van der Waals surface area contributed by atoms with Gasteiger partial charge in [0.1, 0.15) is 11.5 Å². The highest BCUT2D eigenvalue weighted by molar-refractivity contribution is 7.21. The Morgan fingerprint density at radius 3 is 2.83 bits per heavy atom. The molecule has 1 fully saturated rings. The first-order chi connectivity index (χ1) is 17.4. The number of likely N-dealkylation sites (tertiary alicyclic amines) is 1. The molecular weight excluding hydrogens is 478 g/mol. The Morgan fingerprint density at radius 2 is 2.08 bits per heavy atom. The molecule has 9 nitrogen and oxygen atoms in total. The molecule has 188 valence electrons. The van der Waals surface area contributed by atoms with E-state index in [9.17, 15) is 9.59 Å². The number of aromatic nitrogens is 2. The van der Waals surface area contributed by atoms with Crippen molar-refractivity contribution in [1.82, 2.24) is 24.7 Å². The zero-order chi connectivity index (χ0) is 25.4. The van der Waals surface area contributed by atoms with Crippen LogP contribution in [0.25, 0.3) is 21.1 Å². The first-order valence-electron chi connectivity index (χ1n) is 11.9. The number of aliphatic hydroxyl groups is 1. The number of amides is 2. The molecule has 10 heteroatoms. The van der Waals surface area contributed by atoms with E-state index in [1.54, 1.807) is 16.8 Å². The molecule has 1 aliphatic rings. The second-order valence-electron chi connectivity index (χ2n) is 9.19. The van der Waals surface area contributed by atoms with Crippen LogP contribution in [0.4, 0.5) is 4.79 Å². The van der Waals surface area contributed by atoms with E-state index in [0.717, 1.165) is 46.3 Å². The molecule has 2 N–H and O–H groups in total. The van der Waals surface area contributed by atoms with Gasteiger partial charge in [-0.1, -0.05) is 0 Å². The number of carbonyl (C=O) groups excluding carboxylic acids is 2. The lowest BCUT2D eigenvalue weighted by molar-refractivity contribution is 0.0788. The van der Waals surface area contributed by atoms with Crippen molar-refractivity contribution in [3.63, 3.8) is 0 Å². The molecule has 0 unspecified atom stereocenters. The number of benzene rings is 1. The Balaban J connectivity index is 1.39. The van der Waals surface area contributed by atoms with Crippen molar-refractivity contribution in [2.24, 2.45) is 0 Å². The van der Waals surface area contributed by atoms with Gasteiger partial charge in [-0.3, -0.25) is 14.3 Å². The van der Waals surface area contributed by atoms with Crippen LogP contribution >= 0.6 is 11.3 Å². The molecule has 1 saturated heterocycles. The van der Waals surface area contributed by atoms with Crippen LogP contribution in [0, 0.1) is 6.92 Å². The summed E-state index contributed by atoms with van der Waals surface area (Å²) in [5, 5.41) is 12.5.